The molecule has 0 unspecified atom stereocenters. The van der Waals surface area contributed by atoms with Crippen LogP contribution in [0.5, 0.6) is 0 Å². The van der Waals surface area contributed by atoms with Gasteiger partial charge in [-0.3, -0.25) is 14.3 Å². The molecule has 8 heteroatoms. The first-order valence-electron chi connectivity index (χ1n) is 8.79. The maximum Gasteiger partial charge on any atom is 0.358 e. The predicted octanol–water partition coefficient (Wildman–Crippen LogP) is 1.33. The molecule has 1 fully saturated rings. The molecule has 1 aromatic carbocycles. The van der Waals surface area contributed by atoms with Crippen LogP contribution in [0.1, 0.15) is 39.4 Å². The number of aryl methyl sites for hydroxylation is 1. The highest BCUT2D eigenvalue weighted by molar-refractivity contribution is 6.06. The standard InChI is InChI=1S/C19H20N4O4/c1-22-15(11-14(21-22)17(25)27-2)16(24)23-9-7-19(8-10-23)12-5-3-4-6-13(12)20-18(19)26/h3-6,11H,7-10H2,1-2H3,(H,20,26). The maximum atomic E-state index is 12.9. The first kappa shape index (κ1) is 17.3. The quantitative estimate of drug-likeness (QED) is 0.808. The lowest BCUT2D eigenvalue weighted by Crippen LogP contribution is -2.48. The lowest BCUT2D eigenvalue weighted by molar-refractivity contribution is -0.122. The van der Waals surface area contributed by atoms with Crippen molar-refractivity contribution in [3.8, 4) is 0 Å². The fourth-order valence-electron chi connectivity index (χ4n) is 4.00. The second-order valence-electron chi connectivity index (χ2n) is 6.90. The fourth-order valence-corrected chi connectivity index (χ4v) is 4.00. The molecule has 27 heavy (non-hydrogen) atoms. The van der Waals surface area contributed by atoms with Crippen molar-refractivity contribution in [3.63, 3.8) is 0 Å². The highest BCUT2D eigenvalue weighted by atomic mass is 16.5. The van der Waals surface area contributed by atoms with Gasteiger partial charge in [0, 0.05) is 31.9 Å². The summed E-state index contributed by atoms with van der Waals surface area (Å²) in [4.78, 5) is 38.9. The SMILES string of the molecule is COC(=O)c1cc(C(=O)N2CCC3(CC2)C(=O)Nc2ccccc23)n(C)n1. The van der Waals surface area contributed by atoms with Gasteiger partial charge in [0.2, 0.25) is 5.91 Å². The number of hydrogen-bond donors (Lipinski definition) is 1. The van der Waals surface area contributed by atoms with E-state index < -0.39 is 11.4 Å². The van der Waals surface area contributed by atoms with Crippen LogP contribution in [0, 0.1) is 0 Å². The van der Waals surface area contributed by atoms with Crippen molar-refractivity contribution in [1.82, 2.24) is 14.7 Å². The molecule has 0 bridgehead atoms. The molecule has 8 nitrogen and oxygen atoms in total. The molecule has 2 aromatic rings. The van der Waals surface area contributed by atoms with E-state index in [1.54, 1.807) is 11.9 Å². The number of nitrogens with one attached hydrogen (secondary N) is 1. The number of rotatable bonds is 2. The van der Waals surface area contributed by atoms with E-state index in [1.807, 2.05) is 24.3 Å². The van der Waals surface area contributed by atoms with Crippen molar-refractivity contribution < 1.29 is 19.1 Å². The number of esters is 1. The van der Waals surface area contributed by atoms with Crippen LogP contribution in [0.25, 0.3) is 0 Å². The number of aromatic nitrogens is 2. The van der Waals surface area contributed by atoms with Crippen molar-refractivity contribution in [2.45, 2.75) is 18.3 Å². The number of benzene rings is 1. The molecule has 0 atom stereocenters. The number of carbonyl (C=O) groups excluding carboxylic acids is 3. The van der Waals surface area contributed by atoms with Crippen LogP contribution in [0.4, 0.5) is 5.69 Å². The lowest BCUT2D eigenvalue weighted by Gasteiger charge is -2.37. The van der Waals surface area contributed by atoms with E-state index in [2.05, 4.69) is 15.2 Å². The zero-order valence-electron chi connectivity index (χ0n) is 15.2. The van der Waals surface area contributed by atoms with E-state index in [0.717, 1.165) is 11.3 Å². The van der Waals surface area contributed by atoms with Crippen molar-refractivity contribution in [2.75, 3.05) is 25.5 Å². The molecule has 0 saturated carbocycles. The van der Waals surface area contributed by atoms with Gasteiger partial charge in [-0.05, 0) is 24.5 Å². The number of nitrogens with zero attached hydrogens (tertiary/aromatic N) is 3. The van der Waals surface area contributed by atoms with Crippen molar-refractivity contribution in [2.24, 2.45) is 7.05 Å². The first-order valence-corrected chi connectivity index (χ1v) is 8.79. The summed E-state index contributed by atoms with van der Waals surface area (Å²) >= 11 is 0. The van der Waals surface area contributed by atoms with Crippen LogP contribution < -0.4 is 5.32 Å². The Morgan fingerprint density at radius 1 is 1.22 bits per heavy atom. The Labute approximate surface area is 156 Å². The van der Waals surface area contributed by atoms with E-state index in [4.69, 9.17) is 0 Å². The number of piperidine rings is 1. The molecule has 1 aromatic heterocycles. The minimum absolute atomic E-state index is 0.00399. The molecule has 1 saturated heterocycles. The van der Waals surface area contributed by atoms with Crippen molar-refractivity contribution in [1.29, 1.82) is 0 Å². The molecular weight excluding hydrogens is 348 g/mol. The van der Waals surface area contributed by atoms with Crippen LogP contribution in [0.2, 0.25) is 0 Å². The van der Waals surface area contributed by atoms with Gasteiger partial charge in [-0.2, -0.15) is 5.10 Å². The average Bonchev–Trinajstić information content (AvgIpc) is 3.20. The van der Waals surface area contributed by atoms with E-state index in [1.165, 1.54) is 17.9 Å². The van der Waals surface area contributed by atoms with Crippen LogP contribution in [-0.2, 0) is 22.0 Å². The molecule has 1 spiro atoms. The van der Waals surface area contributed by atoms with E-state index in [9.17, 15) is 14.4 Å². The molecule has 4 rings (SSSR count). The summed E-state index contributed by atoms with van der Waals surface area (Å²) in [6.45, 7) is 0.915. The monoisotopic (exact) mass is 368 g/mol. The van der Waals surface area contributed by atoms with E-state index in [0.29, 0.717) is 31.6 Å². The Hall–Kier alpha value is -3.16. The largest absolute Gasteiger partial charge is 0.464 e. The topological polar surface area (TPSA) is 93.5 Å². The summed E-state index contributed by atoms with van der Waals surface area (Å²) in [6, 6.07) is 9.16. The lowest BCUT2D eigenvalue weighted by atomic mass is 9.73. The normalized spacial score (nSPS) is 17.6. The summed E-state index contributed by atoms with van der Waals surface area (Å²) in [6.07, 6.45) is 1.12. The van der Waals surface area contributed by atoms with Crippen LogP contribution in [-0.4, -0.2) is 52.7 Å². The molecular formula is C19H20N4O4. The third-order valence-electron chi connectivity index (χ3n) is 5.52. The van der Waals surface area contributed by atoms with E-state index in [-0.39, 0.29) is 17.5 Å². The number of ether oxygens (including phenoxy) is 1. The van der Waals surface area contributed by atoms with Gasteiger partial charge in [-0.15, -0.1) is 0 Å². The number of hydrogen-bond acceptors (Lipinski definition) is 5. The van der Waals surface area contributed by atoms with Crippen molar-refractivity contribution in [3.05, 3.63) is 47.3 Å². The second kappa shape index (κ2) is 6.22. The Bertz CT molecular complexity index is 941. The summed E-state index contributed by atoms with van der Waals surface area (Å²) in [5, 5.41) is 7.00. The van der Waals surface area contributed by atoms with Gasteiger partial charge in [0.15, 0.2) is 5.69 Å². The van der Waals surface area contributed by atoms with Gasteiger partial charge in [-0.25, -0.2) is 4.79 Å². The number of fused-ring (bicyclic) bond motifs is 2. The average molecular weight is 368 g/mol. The molecule has 0 aliphatic carbocycles. The summed E-state index contributed by atoms with van der Waals surface area (Å²) in [5.74, 6) is -0.785. The number of methoxy groups -OCH3 is 1. The third kappa shape index (κ3) is 2.59. The number of anilines is 1. The number of carbonyl (C=O) groups is 3. The molecule has 2 aliphatic heterocycles. The second-order valence-corrected chi connectivity index (χ2v) is 6.90. The molecule has 1 N–H and O–H groups in total. The number of para-hydroxylation sites is 1. The Morgan fingerprint density at radius 2 is 1.93 bits per heavy atom. The van der Waals surface area contributed by atoms with Gasteiger partial charge in [0.1, 0.15) is 5.69 Å². The minimum Gasteiger partial charge on any atom is -0.464 e. The summed E-state index contributed by atoms with van der Waals surface area (Å²) in [5.41, 5.74) is 1.72. The third-order valence-corrected chi connectivity index (χ3v) is 5.52. The van der Waals surface area contributed by atoms with Crippen LogP contribution >= 0.6 is 0 Å². The van der Waals surface area contributed by atoms with Gasteiger partial charge in [0.05, 0.1) is 12.5 Å². The Morgan fingerprint density at radius 3 is 2.63 bits per heavy atom. The minimum atomic E-state index is -0.582. The molecule has 3 heterocycles. The molecule has 140 valence electrons. The van der Waals surface area contributed by atoms with Crippen LogP contribution in [0.3, 0.4) is 0 Å². The van der Waals surface area contributed by atoms with Gasteiger partial charge in [-0.1, -0.05) is 18.2 Å². The van der Waals surface area contributed by atoms with Gasteiger partial charge in [0.25, 0.3) is 5.91 Å². The first-order chi connectivity index (χ1) is 13.0. The van der Waals surface area contributed by atoms with E-state index >= 15 is 0 Å². The maximum absolute atomic E-state index is 12.9. The smallest absolute Gasteiger partial charge is 0.358 e. The highest BCUT2D eigenvalue weighted by Gasteiger charge is 2.48. The fraction of sp³-hybridized carbons (Fsp3) is 0.368. The van der Waals surface area contributed by atoms with Crippen molar-refractivity contribution >= 4 is 23.5 Å². The number of likely N-dealkylation sites (tertiary alicyclic amines) is 1. The van der Waals surface area contributed by atoms with Gasteiger partial charge < -0.3 is 15.0 Å². The Balaban J connectivity index is 1.53. The number of amides is 2. The van der Waals surface area contributed by atoms with Crippen LogP contribution in [0.15, 0.2) is 30.3 Å². The zero-order valence-corrected chi connectivity index (χ0v) is 15.2. The Kier molecular flexibility index (Phi) is 3.98. The summed E-state index contributed by atoms with van der Waals surface area (Å²) in [7, 11) is 2.89. The molecule has 2 amide bonds. The zero-order chi connectivity index (χ0) is 19.2. The van der Waals surface area contributed by atoms with Gasteiger partial charge >= 0.3 is 5.97 Å². The molecule has 0 radical (unpaired) electrons. The predicted molar refractivity (Wildman–Crippen MR) is 96.4 cm³/mol. The summed E-state index contributed by atoms with van der Waals surface area (Å²) < 4.78 is 6.04. The highest BCUT2D eigenvalue weighted by Crippen LogP contribution is 2.44. The molecule has 2 aliphatic rings.